The van der Waals surface area contributed by atoms with Crippen LogP contribution in [0.4, 0.5) is 0 Å². The normalized spacial score (nSPS) is 14.6. The average Bonchev–Trinajstić information content (AvgIpc) is 3.07. The third-order valence-electron chi connectivity index (χ3n) is 5.17. The van der Waals surface area contributed by atoms with E-state index in [4.69, 9.17) is 32.9 Å². The monoisotopic (exact) mass is 488 g/mol. The van der Waals surface area contributed by atoms with E-state index < -0.39 is 5.41 Å². The van der Waals surface area contributed by atoms with Crippen LogP contribution < -0.4 is 0 Å². The minimum Gasteiger partial charge on any atom is -0.424 e. The molecule has 10 heteroatoms. The fraction of sp³-hybridized carbons (Fsp3) is 0.286. The Balaban J connectivity index is 1.31. The van der Waals surface area contributed by atoms with Crippen LogP contribution in [0.2, 0.25) is 9.36 Å². The summed E-state index contributed by atoms with van der Waals surface area (Å²) < 4.78 is 7.24. The van der Waals surface area contributed by atoms with Gasteiger partial charge in [-0.25, -0.2) is 4.98 Å². The van der Waals surface area contributed by atoms with E-state index >= 15 is 0 Å². The smallest absolute Gasteiger partial charge is 0.223 e. The first kappa shape index (κ1) is 20.6. The number of halogens is 2. The van der Waals surface area contributed by atoms with Gasteiger partial charge in [-0.2, -0.15) is 5.26 Å². The molecule has 1 fully saturated rings. The molecule has 0 spiro atoms. The number of thiazole rings is 1. The maximum absolute atomic E-state index is 12.2. The van der Waals surface area contributed by atoms with E-state index in [0.29, 0.717) is 21.7 Å². The van der Waals surface area contributed by atoms with Crippen molar-refractivity contribution >= 4 is 61.9 Å². The summed E-state index contributed by atoms with van der Waals surface area (Å²) in [5, 5.41) is 18.6. The number of Topliss-reactive ketones (excluding diaryl/α,β-unsaturated/α-hetero) is 1. The van der Waals surface area contributed by atoms with Crippen LogP contribution in [-0.2, 0) is 17.6 Å². The summed E-state index contributed by atoms with van der Waals surface area (Å²) >= 11 is 15.7. The summed E-state index contributed by atoms with van der Waals surface area (Å²) in [6.07, 6.45) is 2.22. The summed E-state index contributed by atoms with van der Waals surface area (Å²) in [5.41, 5.74) is 1.26. The quantitative estimate of drug-likeness (QED) is 0.311. The zero-order valence-corrected chi connectivity index (χ0v) is 19.2. The number of ketones is 1. The molecule has 1 aliphatic carbocycles. The van der Waals surface area contributed by atoms with E-state index in [0.717, 1.165) is 38.5 Å². The van der Waals surface area contributed by atoms with Crippen LogP contribution in [-0.4, -0.2) is 21.0 Å². The van der Waals surface area contributed by atoms with E-state index in [9.17, 15) is 4.79 Å². The van der Waals surface area contributed by atoms with Gasteiger partial charge in [-0.3, -0.25) is 4.79 Å². The maximum atomic E-state index is 12.2. The highest BCUT2D eigenvalue weighted by Gasteiger charge is 2.44. The Morgan fingerprint density at radius 1 is 1.16 bits per heavy atom. The molecule has 0 amide bonds. The van der Waals surface area contributed by atoms with Gasteiger partial charge in [-0.1, -0.05) is 23.2 Å². The van der Waals surface area contributed by atoms with Gasteiger partial charge in [0.2, 0.25) is 11.8 Å². The number of carbonyl (C=O) groups excluding carboxylic acids is 1. The SMILES string of the molecule is N#CC1(CC(=O)Cc2nnc(Cc3nc4ccc(-c5ccc(Cl)s5)c(Cl)c4s3)o2)CC1. The van der Waals surface area contributed by atoms with Crippen molar-refractivity contribution in [3.63, 3.8) is 0 Å². The zero-order chi connectivity index (χ0) is 21.6. The third kappa shape index (κ3) is 4.23. The molecule has 5 rings (SSSR count). The van der Waals surface area contributed by atoms with Gasteiger partial charge in [-0.05, 0) is 37.1 Å². The number of aromatic nitrogens is 3. The molecule has 0 saturated heterocycles. The van der Waals surface area contributed by atoms with E-state index in [1.807, 2.05) is 24.3 Å². The summed E-state index contributed by atoms with van der Waals surface area (Å²) in [6.45, 7) is 0. The van der Waals surface area contributed by atoms with Gasteiger partial charge in [0, 0.05) is 16.9 Å². The van der Waals surface area contributed by atoms with Crippen molar-refractivity contribution in [3.05, 3.63) is 50.4 Å². The lowest BCUT2D eigenvalue weighted by Crippen LogP contribution is -2.10. The van der Waals surface area contributed by atoms with E-state index in [-0.39, 0.29) is 24.5 Å². The van der Waals surface area contributed by atoms with Crippen LogP contribution in [0.1, 0.15) is 36.1 Å². The number of fused-ring (bicyclic) bond motifs is 1. The lowest BCUT2D eigenvalue weighted by molar-refractivity contribution is -0.119. The van der Waals surface area contributed by atoms with E-state index in [1.54, 1.807) is 0 Å². The highest BCUT2D eigenvalue weighted by Crippen LogP contribution is 2.48. The van der Waals surface area contributed by atoms with Crippen LogP contribution in [0.3, 0.4) is 0 Å². The second kappa shape index (κ2) is 7.99. The Bertz CT molecular complexity index is 1350. The summed E-state index contributed by atoms with van der Waals surface area (Å²) in [4.78, 5) is 17.8. The van der Waals surface area contributed by atoms with Crippen molar-refractivity contribution in [2.24, 2.45) is 5.41 Å². The van der Waals surface area contributed by atoms with Crippen molar-refractivity contribution in [2.75, 3.05) is 0 Å². The molecule has 0 N–H and O–H groups in total. The Kier molecular flexibility index (Phi) is 5.30. The second-order valence-electron chi connectivity index (χ2n) is 7.54. The standard InChI is InChI=1S/C21H14Cl2N4O2S2/c22-15-4-3-14(30-15)12-1-2-13-20(19(12)23)31-18(25-13)8-17-27-26-16(29-17)7-11(28)9-21(10-24)5-6-21/h1-4H,5-9H2. The minimum atomic E-state index is -0.465. The molecular formula is C21H14Cl2N4O2S2. The molecule has 156 valence electrons. The molecule has 0 unspecified atom stereocenters. The predicted octanol–water partition coefficient (Wildman–Crippen LogP) is 6.11. The fourth-order valence-corrected chi connectivity index (χ4v) is 5.88. The predicted molar refractivity (Wildman–Crippen MR) is 121 cm³/mol. The molecule has 6 nitrogen and oxygen atoms in total. The van der Waals surface area contributed by atoms with Gasteiger partial charge in [0.05, 0.1) is 43.9 Å². The number of rotatable bonds is 7. The molecule has 0 aliphatic heterocycles. The molecule has 0 bridgehead atoms. The largest absolute Gasteiger partial charge is 0.424 e. The van der Waals surface area contributed by atoms with Gasteiger partial charge < -0.3 is 4.42 Å². The molecular weight excluding hydrogens is 475 g/mol. The van der Waals surface area contributed by atoms with Gasteiger partial charge in [0.1, 0.15) is 10.8 Å². The number of benzene rings is 1. The number of thiophene rings is 1. The number of carbonyl (C=O) groups is 1. The first-order valence-corrected chi connectivity index (χ1v) is 11.9. The van der Waals surface area contributed by atoms with Crippen LogP contribution >= 0.6 is 45.9 Å². The molecule has 0 atom stereocenters. The van der Waals surface area contributed by atoms with Crippen molar-refractivity contribution in [1.29, 1.82) is 5.26 Å². The first-order valence-electron chi connectivity index (χ1n) is 9.52. The Morgan fingerprint density at radius 2 is 1.97 bits per heavy atom. The molecule has 0 radical (unpaired) electrons. The molecule has 1 aromatic carbocycles. The lowest BCUT2D eigenvalue weighted by Gasteiger charge is -2.01. The molecule has 1 aliphatic rings. The number of hydrogen-bond donors (Lipinski definition) is 0. The van der Waals surface area contributed by atoms with Crippen molar-refractivity contribution in [1.82, 2.24) is 15.2 Å². The lowest BCUT2D eigenvalue weighted by atomic mass is 10.00. The molecule has 1 saturated carbocycles. The van der Waals surface area contributed by atoms with Gasteiger partial charge >= 0.3 is 0 Å². The molecule has 3 heterocycles. The van der Waals surface area contributed by atoms with E-state index in [1.165, 1.54) is 22.7 Å². The van der Waals surface area contributed by atoms with E-state index in [2.05, 4.69) is 21.3 Å². The van der Waals surface area contributed by atoms with Crippen molar-refractivity contribution in [2.45, 2.75) is 32.1 Å². The van der Waals surface area contributed by atoms with Crippen LogP contribution in [0.15, 0.2) is 28.7 Å². The maximum Gasteiger partial charge on any atom is 0.223 e. The summed E-state index contributed by atoms with van der Waals surface area (Å²) in [7, 11) is 0. The number of hydrogen-bond acceptors (Lipinski definition) is 8. The van der Waals surface area contributed by atoms with Gasteiger partial charge in [0.15, 0.2) is 0 Å². The summed E-state index contributed by atoms with van der Waals surface area (Å²) in [6, 6.07) is 9.91. The van der Waals surface area contributed by atoms with Gasteiger partial charge in [-0.15, -0.1) is 32.9 Å². The van der Waals surface area contributed by atoms with Crippen molar-refractivity contribution in [3.8, 4) is 16.5 Å². The van der Waals surface area contributed by atoms with Gasteiger partial charge in [0.25, 0.3) is 0 Å². The minimum absolute atomic E-state index is 0.0504. The Hall–Kier alpha value is -2.31. The highest BCUT2D eigenvalue weighted by atomic mass is 35.5. The second-order valence-corrected chi connectivity index (χ2v) is 10.7. The third-order valence-corrected chi connectivity index (χ3v) is 8.02. The fourth-order valence-electron chi connectivity index (χ4n) is 3.38. The summed E-state index contributed by atoms with van der Waals surface area (Å²) in [5.74, 6) is 0.608. The van der Waals surface area contributed by atoms with Crippen LogP contribution in [0, 0.1) is 16.7 Å². The Labute approximate surface area is 195 Å². The molecule has 31 heavy (non-hydrogen) atoms. The number of nitriles is 1. The molecule has 4 aromatic rings. The zero-order valence-electron chi connectivity index (χ0n) is 16.0. The number of nitrogens with zero attached hydrogens (tertiary/aromatic N) is 4. The average molecular weight is 489 g/mol. The first-order chi connectivity index (χ1) is 14.9. The van der Waals surface area contributed by atoms with Crippen LogP contribution in [0.5, 0.6) is 0 Å². The highest BCUT2D eigenvalue weighted by molar-refractivity contribution is 7.20. The Morgan fingerprint density at radius 3 is 2.68 bits per heavy atom. The van der Waals surface area contributed by atoms with Crippen LogP contribution in [0.25, 0.3) is 20.7 Å². The topological polar surface area (TPSA) is 92.7 Å². The molecule has 3 aromatic heterocycles. The van der Waals surface area contributed by atoms with Crippen molar-refractivity contribution < 1.29 is 9.21 Å².